The van der Waals surface area contributed by atoms with Crippen molar-refractivity contribution in [3.05, 3.63) is 132 Å². The van der Waals surface area contributed by atoms with Crippen molar-refractivity contribution in [1.29, 1.82) is 0 Å². The third-order valence-corrected chi connectivity index (χ3v) is 7.42. The number of ether oxygens (including phenoxy) is 2. The second-order valence-corrected chi connectivity index (χ2v) is 9.65. The van der Waals surface area contributed by atoms with Gasteiger partial charge in [0.2, 0.25) is 0 Å². The fraction of sp³-hybridized carbons (Fsp3) is 0.200. The number of allylic oxidation sites excluding steroid dienone is 1. The maximum atomic E-state index is 11.7. The van der Waals surface area contributed by atoms with Crippen LogP contribution in [0.5, 0.6) is 11.5 Å². The van der Waals surface area contributed by atoms with E-state index >= 15 is 0 Å². The van der Waals surface area contributed by atoms with Gasteiger partial charge < -0.3 is 9.47 Å². The van der Waals surface area contributed by atoms with Crippen LogP contribution >= 0.6 is 0 Å². The highest BCUT2D eigenvalue weighted by atomic mass is 16.5. The molecule has 1 aliphatic rings. The molecule has 0 radical (unpaired) electrons. The molecule has 1 aliphatic carbocycles. The maximum absolute atomic E-state index is 11.7. The number of carbonyl (C=O) groups excluding carboxylic acids is 2. The Kier molecular flexibility index (Phi) is 7.74. The molecule has 4 heteroatoms. The van der Waals surface area contributed by atoms with Gasteiger partial charge >= 0.3 is 0 Å². The molecule has 0 N–H and O–H groups in total. The van der Waals surface area contributed by atoms with Crippen LogP contribution in [0.3, 0.4) is 0 Å². The van der Waals surface area contributed by atoms with Gasteiger partial charge in [-0.1, -0.05) is 86.3 Å². The molecule has 0 spiro atoms. The van der Waals surface area contributed by atoms with Crippen LogP contribution in [0.2, 0.25) is 0 Å². The molecule has 0 saturated carbocycles. The highest BCUT2D eigenvalue weighted by Crippen LogP contribution is 2.56. The number of hydrogen-bond acceptors (Lipinski definition) is 4. The number of ketones is 2. The fourth-order valence-corrected chi connectivity index (χ4v) is 5.46. The Morgan fingerprint density at radius 3 is 1.62 bits per heavy atom. The molecule has 196 valence electrons. The molecule has 0 saturated heterocycles. The largest absolute Gasteiger partial charge is 0.493 e. The van der Waals surface area contributed by atoms with Gasteiger partial charge in [-0.2, -0.15) is 0 Å². The molecule has 4 nitrogen and oxygen atoms in total. The monoisotopic (exact) mass is 516 g/mol. The first-order valence-electron chi connectivity index (χ1n) is 13.4. The van der Waals surface area contributed by atoms with Crippen molar-refractivity contribution >= 4 is 11.6 Å². The van der Waals surface area contributed by atoms with Crippen LogP contribution in [-0.2, 0) is 15.0 Å². The van der Waals surface area contributed by atoms with Crippen molar-refractivity contribution in [2.24, 2.45) is 0 Å². The van der Waals surface area contributed by atoms with E-state index in [1.54, 1.807) is 0 Å². The molecule has 0 fully saturated rings. The molecule has 4 aromatic rings. The molecule has 39 heavy (non-hydrogen) atoms. The van der Waals surface area contributed by atoms with E-state index in [-0.39, 0.29) is 11.6 Å². The molecular formula is C35H32O4. The molecular weight excluding hydrogens is 484 g/mol. The van der Waals surface area contributed by atoms with Gasteiger partial charge in [-0.15, -0.1) is 0 Å². The van der Waals surface area contributed by atoms with Crippen LogP contribution in [0.1, 0.15) is 48.4 Å². The predicted octanol–water partition coefficient (Wildman–Crippen LogP) is 7.32. The van der Waals surface area contributed by atoms with Crippen LogP contribution < -0.4 is 9.47 Å². The molecule has 4 aromatic carbocycles. The Hall–Kier alpha value is -4.44. The molecule has 0 atom stereocenters. The molecule has 0 amide bonds. The summed E-state index contributed by atoms with van der Waals surface area (Å²) in [4.78, 5) is 23.2. The average molecular weight is 517 g/mol. The van der Waals surface area contributed by atoms with E-state index in [1.165, 1.54) is 28.3 Å². The first kappa shape index (κ1) is 26.2. The number of carbonyl (C=O) groups is 2. The third kappa shape index (κ3) is 5.03. The summed E-state index contributed by atoms with van der Waals surface area (Å²) < 4.78 is 11.7. The minimum atomic E-state index is -0.527. The van der Waals surface area contributed by atoms with E-state index in [0.717, 1.165) is 22.6 Å². The number of rotatable bonds is 12. The zero-order valence-corrected chi connectivity index (χ0v) is 22.2. The summed E-state index contributed by atoms with van der Waals surface area (Å²) in [5, 5.41) is 0. The van der Waals surface area contributed by atoms with E-state index in [0.29, 0.717) is 32.5 Å². The van der Waals surface area contributed by atoms with Gasteiger partial charge in [0, 0.05) is 19.3 Å². The summed E-state index contributed by atoms with van der Waals surface area (Å²) >= 11 is 0. The van der Waals surface area contributed by atoms with Crippen LogP contribution in [-0.4, -0.2) is 24.8 Å². The van der Waals surface area contributed by atoms with Gasteiger partial charge in [0.05, 0.1) is 18.6 Å². The Labute approximate surface area is 229 Å². The van der Waals surface area contributed by atoms with Crippen LogP contribution in [0, 0.1) is 0 Å². The zero-order chi connectivity index (χ0) is 27.2. The van der Waals surface area contributed by atoms with Gasteiger partial charge in [-0.05, 0) is 63.7 Å². The number of Topliss-reactive ketones (excluding diaryl/α,β-unsaturated/α-hetero) is 1. The minimum Gasteiger partial charge on any atom is -0.493 e. The van der Waals surface area contributed by atoms with Gasteiger partial charge in [0.1, 0.15) is 17.3 Å². The fourth-order valence-electron chi connectivity index (χ4n) is 5.46. The normalized spacial score (nSPS) is 12.7. The van der Waals surface area contributed by atoms with Gasteiger partial charge in [-0.3, -0.25) is 9.59 Å². The molecule has 0 aromatic heterocycles. The lowest BCUT2D eigenvalue weighted by molar-refractivity contribution is -0.119. The summed E-state index contributed by atoms with van der Waals surface area (Å²) in [7, 11) is 0. The van der Waals surface area contributed by atoms with Crippen molar-refractivity contribution in [3.63, 3.8) is 0 Å². The minimum absolute atomic E-state index is 0.0332. The second kappa shape index (κ2) is 11.5. The summed E-state index contributed by atoms with van der Waals surface area (Å²) in [6.45, 7) is 6.08. The highest BCUT2D eigenvalue weighted by molar-refractivity contribution is 5.89. The van der Waals surface area contributed by atoms with Crippen LogP contribution in [0.15, 0.2) is 110 Å². The van der Waals surface area contributed by atoms with Crippen molar-refractivity contribution in [1.82, 2.24) is 0 Å². The van der Waals surface area contributed by atoms with Gasteiger partial charge in [-0.25, -0.2) is 0 Å². The van der Waals surface area contributed by atoms with Gasteiger partial charge in [0.25, 0.3) is 0 Å². The zero-order valence-electron chi connectivity index (χ0n) is 22.2. The Balaban J connectivity index is 1.55. The van der Waals surface area contributed by atoms with Crippen molar-refractivity contribution in [2.75, 3.05) is 13.2 Å². The van der Waals surface area contributed by atoms with E-state index in [2.05, 4.69) is 79.4 Å². The Bertz CT molecular complexity index is 1440. The first-order valence-corrected chi connectivity index (χ1v) is 13.4. The van der Waals surface area contributed by atoms with Crippen molar-refractivity contribution < 1.29 is 19.1 Å². The molecule has 0 aliphatic heterocycles. The smallest absolute Gasteiger partial charge is 0.158 e. The van der Waals surface area contributed by atoms with E-state index in [1.807, 2.05) is 31.2 Å². The first-order chi connectivity index (χ1) is 19.1. The van der Waals surface area contributed by atoms with Crippen LogP contribution in [0.4, 0.5) is 0 Å². The van der Waals surface area contributed by atoms with Gasteiger partial charge in [0.15, 0.2) is 5.78 Å². The van der Waals surface area contributed by atoms with Crippen molar-refractivity contribution in [2.45, 2.75) is 31.6 Å². The summed E-state index contributed by atoms with van der Waals surface area (Å²) in [5.74, 6) is 1.63. The van der Waals surface area contributed by atoms with E-state index in [9.17, 15) is 9.59 Å². The van der Waals surface area contributed by atoms with E-state index < -0.39 is 5.41 Å². The molecule has 0 unspecified atom stereocenters. The second-order valence-electron chi connectivity index (χ2n) is 9.65. The van der Waals surface area contributed by atoms with Crippen LogP contribution in [0.25, 0.3) is 11.1 Å². The average Bonchev–Trinajstić information content (AvgIpc) is 3.29. The Morgan fingerprint density at radius 1 is 0.692 bits per heavy atom. The highest BCUT2D eigenvalue weighted by Gasteiger charge is 2.45. The molecule has 0 heterocycles. The third-order valence-electron chi connectivity index (χ3n) is 7.42. The summed E-state index contributed by atoms with van der Waals surface area (Å²) in [6.07, 6.45) is 2.57. The predicted molar refractivity (Wildman–Crippen MR) is 154 cm³/mol. The van der Waals surface area contributed by atoms with E-state index in [4.69, 9.17) is 9.47 Å². The SMILES string of the molecule is C=CC(=O)CCOc1ccc(C2(c3ccc(OCCC(=O)CC)cc3)c3ccccc3-c3ccccc32)cc1. The number of fused-ring (bicyclic) bond motifs is 3. The summed E-state index contributed by atoms with van der Waals surface area (Å²) in [5.41, 5.74) is 6.60. The lowest BCUT2D eigenvalue weighted by Crippen LogP contribution is -2.28. The standard InChI is InChI=1S/C35H32O4/c1-3-27(36)21-23-38-29-17-13-25(14-18-29)35(26-15-19-30(20-16-26)39-24-22-28(37)4-2)33-11-7-5-9-31(33)32-10-6-8-12-34(32)35/h3,5-20H,1,4,21-24H2,2H3. The number of hydrogen-bond donors (Lipinski definition) is 0. The topological polar surface area (TPSA) is 52.6 Å². The lowest BCUT2D eigenvalue weighted by Gasteiger charge is -2.34. The van der Waals surface area contributed by atoms with Crippen molar-refractivity contribution in [3.8, 4) is 22.6 Å². The Morgan fingerprint density at radius 2 is 1.15 bits per heavy atom. The quantitative estimate of drug-likeness (QED) is 0.163. The number of benzene rings is 4. The maximum Gasteiger partial charge on any atom is 0.158 e. The molecule has 0 bridgehead atoms. The molecule has 5 rings (SSSR count). The lowest BCUT2D eigenvalue weighted by atomic mass is 9.68. The summed E-state index contributed by atoms with van der Waals surface area (Å²) in [6, 6.07) is 33.6.